The first-order valence-electron chi connectivity index (χ1n) is 12.8. The maximum Gasteiger partial charge on any atom is 0.229 e. The third-order valence-corrected chi connectivity index (χ3v) is 8.28. The van der Waals surface area contributed by atoms with Crippen molar-refractivity contribution in [1.82, 2.24) is 19.6 Å². The van der Waals surface area contributed by atoms with Gasteiger partial charge in [0.25, 0.3) is 0 Å². The molecule has 8 nitrogen and oxygen atoms in total. The van der Waals surface area contributed by atoms with Gasteiger partial charge in [-0.3, -0.25) is 4.98 Å². The van der Waals surface area contributed by atoms with E-state index in [-0.39, 0.29) is 35.1 Å². The van der Waals surface area contributed by atoms with Gasteiger partial charge in [0, 0.05) is 18.2 Å². The van der Waals surface area contributed by atoms with Crippen molar-refractivity contribution in [3.8, 4) is 11.3 Å². The van der Waals surface area contributed by atoms with E-state index in [1.807, 2.05) is 13.0 Å². The molecule has 4 N–H and O–H groups in total. The Morgan fingerprint density at radius 2 is 1.87 bits per heavy atom. The van der Waals surface area contributed by atoms with E-state index in [0.29, 0.717) is 36.7 Å². The van der Waals surface area contributed by atoms with Gasteiger partial charge in [-0.2, -0.15) is 9.61 Å². The number of rotatable bonds is 5. The Hall–Kier alpha value is -3.47. The molecule has 0 unspecified atom stereocenters. The second-order valence-corrected chi connectivity index (χ2v) is 10.7. The summed E-state index contributed by atoms with van der Waals surface area (Å²) in [6.45, 7) is 4.74. The van der Waals surface area contributed by atoms with Crippen molar-refractivity contribution in [3.05, 3.63) is 71.7 Å². The summed E-state index contributed by atoms with van der Waals surface area (Å²) >= 11 is 0. The first kappa shape index (κ1) is 24.8. The molecule has 6 rings (SSSR count). The largest absolute Gasteiger partial charge is 0.388 e. The summed E-state index contributed by atoms with van der Waals surface area (Å²) in [5.41, 5.74) is 8.39. The Morgan fingerprint density at radius 1 is 1.11 bits per heavy atom. The highest BCUT2D eigenvalue weighted by molar-refractivity contribution is 5.66. The fourth-order valence-corrected chi connectivity index (χ4v) is 5.52. The smallest absolute Gasteiger partial charge is 0.229 e. The summed E-state index contributed by atoms with van der Waals surface area (Å²) in [5, 5.41) is 18.6. The minimum absolute atomic E-state index is 0.00874. The maximum absolute atomic E-state index is 15.1. The highest BCUT2D eigenvalue weighted by atomic mass is 19.1. The van der Waals surface area contributed by atoms with E-state index in [9.17, 15) is 5.11 Å². The number of nitrogens with one attached hydrogen (secondary N) is 1. The molecule has 1 aliphatic carbocycles. The quantitative estimate of drug-likeness (QED) is 0.355. The standard InChI is InChI=1S/C28H30F2N6O2/c1-15-7-17(10-25(31)28(15,2)37)20-5-6-32-12-24(20)34-27-33-11-19-3-4-23(35-36(19)27)26-21(29)8-16(9-22(26)30)18-13-38-14-18/h3-6,8-9,11-12,15,17-18,25,37H,7,10,13-14,31H2,1-2H3,(H,33,34)/t15-,17+,25+,28+/m0/s1. The van der Waals surface area contributed by atoms with Crippen molar-refractivity contribution < 1.29 is 18.6 Å². The molecule has 2 aliphatic rings. The average molecular weight is 521 g/mol. The van der Waals surface area contributed by atoms with E-state index in [4.69, 9.17) is 10.5 Å². The zero-order valence-corrected chi connectivity index (χ0v) is 21.2. The zero-order chi connectivity index (χ0) is 26.6. The number of hydrogen-bond donors (Lipinski definition) is 3. The van der Waals surface area contributed by atoms with Crippen molar-refractivity contribution in [2.24, 2.45) is 11.7 Å². The van der Waals surface area contributed by atoms with Crippen LogP contribution in [0.25, 0.3) is 16.8 Å². The van der Waals surface area contributed by atoms with Crippen molar-refractivity contribution in [3.63, 3.8) is 0 Å². The van der Waals surface area contributed by atoms with Gasteiger partial charge >= 0.3 is 0 Å². The first-order chi connectivity index (χ1) is 18.2. The van der Waals surface area contributed by atoms with Gasteiger partial charge in [0.05, 0.1) is 53.7 Å². The van der Waals surface area contributed by atoms with Gasteiger partial charge in [-0.1, -0.05) is 6.92 Å². The molecule has 0 radical (unpaired) electrons. The highest BCUT2D eigenvalue weighted by Gasteiger charge is 2.42. The van der Waals surface area contributed by atoms with Crippen LogP contribution in [-0.4, -0.2) is 49.5 Å². The number of ether oxygens (including phenoxy) is 1. The first-order valence-corrected chi connectivity index (χ1v) is 12.8. The van der Waals surface area contributed by atoms with Crippen LogP contribution in [0.5, 0.6) is 0 Å². The number of nitrogens with zero attached hydrogens (tertiary/aromatic N) is 4. The van der Waals surface area contributed by atoms with Crippen molar-refractivity contribution in [2.75, 3.05) is 18.5 Å². The molecule has 1 saturated carbocycles. The lowest BCUT2D eigenvalue weighted by Crippen LogP contribution is -2.54. The predicted molar refractivity (Wildman–Crippen MR) is 139 cm³/mol. The SMILES string of the molecule is C[C@H]1C[C@@H](c2ccncc2Nc2ncc3ccc(-c4c(F)cc(C5COC5)cc4F)nn23)C[C@@H](N)[C@]1(C)O. The molecule has 3 aromatic heterocycles. The van der Waals surface area contributed by atoms with Crippen LogP contribution >= 0.6 is 0 Å². The van der Waals surface area contributed by atoms with Gasteiger partial charge < -0.3 is 20.9 Å². The lowest BCUT2D eigenvalue weighted by Gasteiger charge is -2.44. The molecule has 4 aromatic rings. The molecule has 10 heteroatoms. The molecular weight excluding hydrogens is 490 g/mol. The molecule has 198 valence electrons. The number of halogens is 2. The Bertz CT molecular complexity index is 1460. The number of benzene rings is 1. The lowest BCUT2D eigenvalue weighted by atomic mass is 9.68. The third kappa shape index (κ3) is 4.22. The molecule has 4 heterocycles. The van der Waals surface area contributed by atoms with Crippen LogP contribution in [0.4, 0.5) is 20.4 Å². The number of pyridine rings is 1. The Balaban J connectivity index is 1.33. The van der Waals surface area contributed by atoms with E-state index in [1.165, 1.54) is 16.6 Å². The topological polar surface area (TPSA) is 111 Å². The molecule has 38 heavy (non-hydrogen) atoms. The third-order valence-electron chi connectivity index (χ3n) is 8.28. The number of aromatic nitrogens is 4. The number of imidazole rings is 1. The van der Waals surface area contributed by atoms with Crippen molar-refractivity contribution >= 4 is 17.2 Å². The Kier molecular flexibility index (Phi) is 6.13. The van der Waals surface area contributed by atoms with Gasteiger partial charge in [0.1, 0.15) is 11.6 Å². The number of aliphatic hydroxyl groups is 1. The van der Waals surface area contributed by atoms with Crippen LogP contribution in [0.1, 0.15) is 49.7 Å². The molecule has 1 aliphatic heterocycles. The molecule has 4 atom stereocenters. The number of fused-ring (bicyclic) bond motifs is 1. The summed E-state index contributed by atoms with van der Waals surface area (Å²) in [6.07, 6.45) is 6.48. The average Bonchev–Trinajstić information content (AvgIpc) is 3.23. The molecule has 0 spiro atoms. The second kappa shape index (κ2) is 9.37. The molecule has 1 aromatic carbocycles. The molecule has 2 fully saturated rings. The van der Waals surface area contributed by atoms with Gasteiger partial charge in [0.15, 0.2) is 0 Å². The summed E-state index contributed by atoms with van der Waals surface area (Å²) in [6, 6.07) is 7.61. The van der Waals surface area contributed by atoms with Crippen LogP contribution < -0.4 is 11.1 Å². The molecule has 0 bridgehead atoms. The van der Waals surface area contributed by atoms with Crippen LogP contribution in [-0.2, 0) is 4.74 Å². The van der Waals surface area contributed by atoms with Crippen LogP contribution in [0.2, 0.25) is 0 Å². The fraction of sp³-hybridized carbons (Fsp3) is 0.393. The highest BCUT2D eigenvalue weighted by Crippen LogP contribution is 2.43. The maximum atomic E-state index is 15.1. The van der Waals surface area contributed by atoms with E-state index in [2.05, 4.69) is 20.4 Å². The normalized spacial score (nSPS) is 25.9. The zero-order valence-electron chi connectivity index (χ0n) is 21.2. The number of hydrogen-bond acceptors (Lipinski definition) is 7. The van der Waals surface area contributed by atoms with Crippen molar-refractivity contribution in [1.29, 1.82) is 0 Å². The Morgan fingerprint density at radius 3 is 2.55 bits per heavy atom. The Labute approximate surface area is 218 Å². The fourth-order valence-electron chi connectivity index (χ4n) is 5.52. The molecule has 1 saturated heterocycles. The van der Waals surface area contributed by atoms with E-state index < -0.39 is 17.2 Å². The van der Waals surface area contributed by atoms with E-state index >= 15 is 8.78 Å². The van der Waals surface area contributed by atoms with Crippen molar-refractivity contribution in [2.45, 2.75) is 50.2 Å². The minimum atomic E-state index is -0.925. The second-order valence-electron chi connectivity index (χ2n) is 10.7. The van der Waals surface area contributed by atoms with Crippen LogP contribution in [0, 0.1) is 17.6 Å². The van der Waals surface area contributed by atoms with E-state index in [1.54, 1.807) is 37.6 Å². The minimum Gasteiger partial charge on any atom is -0.388 e. The van der Waals surface area contributed by atoms with Gasteiger partial charge in [0.2, 0.25) is 5.95 Å². The number of anilines is 2. The van der Waals surface area contributed by atoms with Gasteiger partial charge in [-0.15, -0.1) is 0 Å². The molecule has 0 amide bonds. The summed E-state index contributed by atoms with van der Waals surface area (Å²) in [5.74, 6) is -0.803. The van der Waals surface area contributed by atoms with Crippen LogP contribution in [0.3, 0.4) is 0 Å². The monoisotopic (exact) mass is 520 g/mol. The summed E-state index contributed by atoms with van der Waals surface area (Å²) in [4.78, 5) is 8.74. The lowest BCUT2D eigenvalue weighted by molar-refractivity contribution is -0.0463. The van der Waals surface area contributed by atoms with Gasteiger partial charge in [-0.25, -0.2) is 13.8 Å². The summed E-state index contributed by atoms with van der Waals surface area (Å²) in [7, 11) is 0. The predicted octanol–water partition coefficient (Wildman–Crippen LogP) is 4.52. The van der Waals surface area contributed by atoms with Gasteiger partial charge in [-0.05, 0) is 73.1 Å². The number of nitrogens with two attached hydrogens (primary N) is 1. The van der Waals surface area contributed by atoms with E-state index in [0.717, 1.165) is 17.7 Å². The summed E-state index contributed by atoms with van der Waals surface area (Å²) < 4.78 is 36.8. The molecular formula is C28H30F2N6O2. The van der Waals surface area contributed by atoms with Crippen LogP contribution in [0.15, 0.2) is 48.9 Å².